The van der Waals surface area contributed by atoms with Crippen LogP contribution in [0.4, 0.5) is 5.69 Å². The molecule has 1 amide bonds. The molecule has 0 radical (unpaired) electrons. The molecule has 7 nitrogen and oxygen atoms in total. The Morgan fingerprint density at radius 2 is 2.00 bits per heavy atom. The molecule has 1 atom stereocenters. The van der Waals surface area contributed by atoms with Gasteiger partial charge < -0.3 is 14.5 Å². The molecule has 0 saturated carbocycles. The van der Waals surface area contributed by atoms with Gasteiger partial charge in [0.15, 0.2) is 17.4 Å². The minimum atomic E-state index is -1.01. The second kappa shape index (κ2) is 6.67. The summed E-state index contributed by atoms with van der Waals surface area (Å²) < 4.78 is 6.82. The summed E-state index contributed by atoms with van der Waals surface area (Å²) in [4.78, 5) is 32.4. The zero-order valence-corrected chi connectivity index (χ0v) is 13.4. The fourth-order valence-corrected chi connectivity index (χ4v) is 2.27. The summed E-state index contributed by atoms with van der Waals surface area (Å²) in [5, 5.41) is 3.12. The van der Waals surface area contributed by atoms with E-state index in [0.29, 0.717) is 16.4 Å². The number of carbonyl (C=O) groups excluding carboxylic acids is 2. The van der Waals surface area contributed by atoms with Crippen LogP contribution in [0.2, 0.25) is 5.02 Å². The number of halogens is 1. The van der Waals surface area contributed by atoms with Crippen LogP contribution in [0.25, 0.3) is 5.65 Å². The van der Waals surface area contributed by atoms with Crippen molar-refractivity contribution in [2.45, 2.75) is 13.0 Å². The molecule has 0 aliphatic carbocycles. The lowest BCUT2D eigenvalue weighted by atomic mass is 10.3. The molecule has 8 heteroatoms. The Bertz CT molecular complexity index is 909. The number of hydrogen-bond donors (Lipinski definition) is 1. The Balaban J connectivity index is 1.69. The maximum Gasteiger partial charge on any atom is 0.361 e. The van der Waals surface area contributed by atoms with Crippen LogP contribution in [0, 0.1) is 0 Å². The second-order valence-electron chi connectivity index (χ2n) is 4.98. The summed E-state index contributed by atoms with van der Waals surface area (Å²) in [7, 11) is 0. The molecule has 1 N–H and O–H groups in total. The van der Waals surface area contributed by atoms with Crippen LogP contribution in [0.1, 0.15) is 17.4 Å². The summed E-state index contributed by atoms with van der Waals surface area (Å²) in [6.07, 6.45) is 5.34. The predicted molar refractivity (Wildman–Crippen MR) is 87.9 cm³/mol. The first-order valence-electron chi connectivity index (χ1n) is 7.09. The van der Waals surface area contributed by atoms with Crippen molar-refractivity contribution in [2.75, 3.05) is 5.32 Å². The lowest BCUT2D eigenvalue weighted by molar-refractivity contribution is -0.123. The van der Waals surface area contributed by atoms with Crippen LogP contribution < -0.4 is 5.32 Å². The molecule has 0 fully saturated rings. The van der Waals surface area contributed by atoms with Crippen LogP contribution in [-0.4, -0.2) is 32.3 Å². The van der Waals surface area contributed by atoms with Gasteiger partial charge in [0.2, 0.25) is 0 Å². The van der Waals surface area contributed by atoms with Gasteiger partial charge in [-0.3, -0.25) is 4.79 Å². The molecule has 3 rings (SSSR count). The minimum Gasteiger partial charge on any atom is -0.448 e. The number of imidazole rings is 1. The highest BCUT2D eigenvalue weighted by atomic mass is 35.5. The third kappa shape index (κ3) is 3.36. The molecule has 2 heterocycles. The number of ether oxygens (including phenoxy) is 1. The zero-order chi connectivity index (χ0) is 17.1. The molecule has 122 valence electrons. The Hall–Kier alpha value is -2.93. The van der Waals surface area contributed by atoms with E-state index in [1.54, 1.807) is 47.3 Å². The van der Waals surface area contributed by atoms with Crippen LogP contribution >= 0.6 is 11.6 Å². The maximum atomic E-state index is 12.2. The van der Waals surface area contributed by atoms with E-state index in [4.69, 9.17) is 16.3 Å². The number of benzene rings is 1. The molecular weight excluding hydrogens is 332 g/mol. The molecule has 0 aliphatic heterocycles. The molecular formula is C16H13ClN4O3. The van der Waals surface area contributed by atoms with Gasteiger partial charge in [-0.25, -0.2) is 14.8 Å². The number of hydrogen-bond acceptors (Lipinski definition) is 5. The Morgan fingerprint density at radius 3 is 2.75 bits per heavy atom. The van der Waals surface area contributed by atoms with Crippen molar-refractivity contribution >= 4 is 34.8 Å². The number of aromatic nitrogens is 3. The predicted octanol–water partition coefficient (Wildman–Crippen LogP) is 2.57. The maximum absolute atomic E-state index is 12.2. The van der Waals surface area contributed by atoms with Gasteiger partial charge in [0.25, 0.3) is 5.91 Å². The minimum absolute atomic E-state index is 0.0462. The van der Waals surface area contributed by atoms with E-state index in [1.165, 1.54) is 13.1 Å². The highest BCUT2D eigenvalue weighted by molar-refractivity contribution is 6.30. The quantitative estimate of drug-likeness (QED) is 0.735. The number of anilines is 1. The fraction of sp³-hybridized carbons (Fsp3) is 0.125. The first kappa shape index (κ1) is 15.9. The third-order valence-electron chi connectivity index (χ3n) is 3.25. The fourth-order valence-electron chi connectivity index (χ4n) is 2.08. The van der Waals surface area contributed by atoms with Gasteiger partial charge in [-0.15, -0.1) is 0 Å². The lowest BCUT2D eigenvalue weighted by Gasteiger charge is -2.13. The largest absolute Gasteiger partial charge is 0.448 e. The van der Waals surface area contributed by atoms with E-state index in [9.17, 15) is 9.59 Å². The van der Waals surface area contributed by atoms with Gasteiger partial charge in [0, 0.05) is 35.5 Å². The van der Waals surface area contributed by atoms with Crippen molar-refractivity contribution in [3.63, 3.8) is 0 Å². The van der Waals surface area contributed by atoms with Crippen LogP contribution in [0.3, 0.4) is 0 Å². The molecule has 2 aromatic heterocycles. The normalized spacial score (nSPS) is 11.9. The van der Waals surface area contributed by atoms with E-state index >= 15 is 0 Å². The number of fused-ring (bicyclic) bond motifs is 1. The number of carbonyl (C=O) groups is 2. The Labute approximate surface area is 142 Å². The Morgan fingerprint density at radius 1 is 1.25 bits per heavy atom. The van der Waals surface area contributed by atoms with Gasteiger partial charge in [-0.05, 0) is 25.1 Å². The van der Waals surface area contributed by atoms with Crippen molar-refractivity contribution in [2.24, 2.45) is 0 Å². The van der Waals surface area contributed by atoms with Crippen molar-refractivity contribution < 1.29 is 14.3 Å². The molecule has 1 unspecified atom stereocenters. The number of nitrogens with one attached hydrogen (secondary N) is 1. The van der Waals surface area contributed by atoms with E-state index < -0.39 is 18.0 Å². The summed E-state index contributed by atoms with van der Waals surface area (Å²) >= 11 is 5.86. The van der Waals surface area contributed by atoms with Crippen LogP contribution in [-0.2, 0) is 9.53 Å². The summed E-state index contributed by atoms with van der Waals surface area (Å²) in [5.41, 5.74) is 0.929. The number of rotatable bonds is 4. The van der Waals surface area contributed by atoms with Gasteiger partial charge in [-0.1, -0.05) is 17.7 Å². The summed E-state index contributed by atoms with van der Waals surface area (Å²) in [6.45, 7) is 1.48. The smallest absolute Gasteiger partial charge is 0.361 e. The SMILES string of the molecule is CC(OC(=O)c1nccn2ccnc12)C(=O)Nc1cccc(Cl)c1. The van der Waals surface area contributed by atoms with E-state index in [1.807, 2.05) is 0 Å². The van der Waals surface area contributed by atoms with Crippen molar-refractivity contribution in [1.29, 1.82) is 0 Å². The standard InChI is InChI=1S/C16H13ClN4O3/c1-10(15(22)20-12-4-2-3-11(17)9-12)24-16(23)13-14-19-6-8-21(14)7-5-18-13/h2-10H,1H3,(H,20,22). The van der Waals surface area contributed by atoms with Crippen molar-refractivity contribution in [3.8, 4) is 0 Å². The molecule has 3 aromatic rings. The third-order valence-corrected chi connectivity index (χ3v) is 3.49. The van der Waals surface area contributed by atoms with E-state index in [0.717, 1.165) is 0 Å². The van der Waals surface area contributed by atoms with Crippen molar-refractivity contribution in [1.82, 2.24) is 14.4 Å². The monoisotopic (exact) mass is 344 g/mol. The van der Waals surface area contributed by atoms with Crippen LogP contribution in [0.15, 0.2) is 49.1 Å². The van der Waals surface area contributed by atoms with Gasteiger partial charge in [-0.2, -0.15) is 0 Å². The highest BCUT2D eigenvalue weighted by Gasteiger charge is 2.22. The average molecular weight is 345 g/mol. The molecule has 0 aliphatic rings. The summed E-state index contributed by atoms with van der Waals surface area (Å²) in [5.74, 6) is -1.19. The first-order valence-corrected chi connectivity index (χ1v) is 7.47. The van der Waals surface area contributed by atoms with Crippen molar-refractivity contribution in [3.05, 3.63) is 59.8 Å². The topological polar surface area (TPSA) is 85.6 Å². The number of nitrogens with zero attached hydrogens (tertiary/aromatic N) is 3. The average Bonchev–Trinajstić information content (AvgIpc) is 3.03. The van der Waals surface area contributed by atoms with Gasteiger partial charge in [0.05, 0.1) is 0 Å². The molecule has 24 heavy (non-hydrogen) atoms. The highest BCUT2D eigenvalue weighted by Crippen LogP contribution is 2.15. The second-order valence-corrected chi connectivity index (χ2v) is 5.42. The number of esters is 1. The first-order chi connectivity index (χ1) is 11.5. The van der Waals surface area contributed by atoms with Gasteiger partial charge >= 0.3 is 5.97 Å². The van der Waals surface area contributed by atoms with Gasteiger partial charge in [0.1, 0.15) is 0 Å². The molecule has 0 saturated heterocycles. The molecule has 0 spiro atoms. The molecule has 1 aromatic carbocycles. The lowest BCUT2D eigenvalue weighted by Crippen LogP contribution is -2.30. The van der Waals surface area contributed by atoms with E-state index in [2.05, 4.69) is 15.3 Å². The Kier molecular flexibility index (Phi) is 4.43. The van der Waals surface area contributed by atoms with Crippen LogP contribution in [0.5, 0.6) is 0 Å². The zero-order valence-electron chi connectivity index (χ0n) is 12.6. The number of amides is 1. The van der Waals surface area contributed by atoms with E-state index in [-0.39, 0.29) is 5.69 Å². The summed E-state index contributed by atoms with van der Waals surface area (Å²) in [6, 6.07) is 6.68. The molecule has 0 bridgehead atoms.